The Bertz CT molecular complexity index is 2300. The van der Waals surface area contributed by atoms with Crippen molar-refractivity contribution in [2.24, 2.45) is 5.41 Å². The number of hydrogen-bond donors (Lipinski definition) is 0. The summed E-state index contributed by atoms with van der Waals surface area (Å²) >= 11 is 6.00. The number of hydrogen-bond acceptors (Lipinski definition) is 5. The molecule has 0 radical (unpaired) electrons. The summed E-state index contributed by atoms with van der Waals surface area (Å²) in [5.74, 6) is 0. The fourth-order valence-corrected chi connectivity index (χ4v) is 14.9. The van der Waals surface area contributed by atoms with Crippen molar-refractivity contribution in [3.8, 4) is 12.1 Å². The number of nitrogens with zero attached hydrogens (tertiary/aromatic N) is 4. The zero-order chi connectivity index (χ0) is 33.3. The van der Waals surface area contributed by atoms with E-state index in [0.717, 1.165) is 49.7 Å². The normalized spacial score (nSPS) is 24.4. The van der Waals surface area contributed by atoms with Crippen LogP contribution < -0.4 is 0 Å². The number of nitriles is 2. The summed E-state index contributed by atoms with van der Waals surface area (Å²) in [5, 5.41) is 19.3. The Morgan fingerprint density at radius 2 is 1.27 bits per heavy atom. The van der Waals surface area contributed by atoms with Crippen molar-refractivity contribution in [1.29, 1.82) is 10.5 Å². The Morgan fingerprint density at radius 1 is 0.653 bits per heavy atom. The SMILES string of the molecule is [C-]#[N+]/C(C#N)=C1\C=C(c2cc3sc4c5c(sc4c3s2)C2=C(C=C(C3=C/C(=C(\C#N)[N+]#[C-])CCC3)C23CCCCC3)C52CCCCC2)CCC1. The maximum Gasteiger partial charge on any atom is 0.265 e. The van der Waals surface area contributed by atoms with Gasteiger partial charge in [-0.2, -0.15) is 0 Å². The molecule has 0 unspecified atom stereocenters. The largest absolute Gasteiger partial charge is 0.265 e. The van der Waals surface area contributed by atoms with E-state index in [-0.39, 0.29) is 22.2 Å². The lowest BCUT2D eigenvalue weighted by atomic mass is 9.63. The van der Waals surface area contributed by atoms with E-state index in [1.54, 1.807) is 21.6 Å². The van der Waals surface area contributed by atoms with Gasteiger partial charge in [-0.1, -0.05) is 56.8 Å². The summed E-state index contributed by atoms with van der Waals surface area (Å²) in [6.45, 7) is 15.1. The highest BCUT2D eigenvalue weighted by Gasteiger charge is 2.57. The molecule has 3 aromatic rings. The Balaban J connectivity index is 1.21. The summed E-state index contributed by atoms with van der Waals surface area (Å²) < 4.78 is 5.80. The van der Waals surface area contributed by atoms with Gasteiger partial charge in [0, 0.05) is 25.3 Å². The minimum Gasteiger partial charge on any atom is -0.226 e. The Labute approximate surface area is 300 Å². The lowest BCUT2D eigenvalue weighted by Crippen LogP contribution is -2.28. The average Bonchev–Trinajstić information content (AvgIpc) is 3.92. The van der Waals surface area contributed by atoms with E-state index in [2.05, 4.69) is 57.5 Å². The Hall–Kier alpha value is -3.98. The smallest absolute Gasteiger partial charge is 0.226 e. The molecule has 9 rings (SSSR count). The number of thiophene rings is 3. The average molecular weight is 693 g/mol. The van der Waals surface area contributed by atoms with E-state index >= 15 is 0 Å². The van der Waals surface area contributed by atoms with E-state index in [1.165, 1.54) is 105 Å². The molecule has 4 nitrogen and oxygen atoms in total. The Morgan fingerprint density at radius 3 is 1.90 bits per heavy atom. The fourth-order valence-electron chi connectivity index (χ4n) is 10.3. The first-order valence-electron chi connectivity index (χ1n) is 18.0. The maximum atomic E-state index is 9.73. The molecule has 0 atom stereocenters. The van der Waals surface area contributed by atoms with E-state index in [1.807, 2.05) is 22.7 Å². The lowest BCUT2D eigenvalue weighted by molar-refractivity contribution is 0.325. The molecular weight excluding hydrogens is 657 g/mol. The van der Waals surface area contributed by atoms with Gasteiger partial charge in [0.25, 0.3) is 11.4 Å². The van der Waals surface area contributed by atoms with Crippen molar-refractivity contribution in [3.63, 3.8) is 0 Å². The van der Waals surface area contributed by atoms with E-state index in [4.69, 9.17) is 13.1 Å². The first-order chi connectivity index (χ1) is 24.0. The summed E-state index contributed by atoms with van der Waals surface area (Å²) in [5.41, 5.74) is 11.6. The van der Waals surface area contributed by atoms with Crippen LogP contribution in [0.2, 0.25) is 0 Å². The fraction of sp³-hybridized carbons (Fsp3) is 0.429. The summed E-state index contributed by atoms with van der Waals surface area (Å²) in [6, 6.07) is 6.70. The van der Waals surface area contributed by atoms with Crippen LogP contribution in [0.3, 0.4) is 0 Å². The molecular formula is C42H36N4S3. The predicted molar refractivity (Wildman–Crippen MR) is 203 cm³/mol. The predicted octanol–water partition coefficient (Wildman–Crippen LogP) is 13.1. The summed E-state index contributed by atoms with van der Waals surface area (Å²) in [6.07, 6.45) is 25.2. The minimum atomic E-state index is 0.0339. The van der Waals surface area contributed by atoms with Crippen molar-refractivity contribution in [2.75, 3.05) is 0 Å². The molecule has 7 heteroatoms. The van der Waals surface area contributed by atoms with Crippen LogP contribution in [-0.4, -0.2) is 0 Å². The van der Waals surface area contributed by atoms with Gasteiger partial charge >= 0.3 is 0 Å². The highest BCUT2D eigenvalue weighted by Crippen LogP contribution is 2.71. The standard InChI is InChI=1S/C42H36N4S3/c1-45-31(23-43)26-12-9-11-25(19-26)29-21-30-35(41(29)15-5-3-6-16-41)38-36(42(30)17-7-4-8-18-42)39-40(49-38)37-34(48-39)22-33(47-37)28-14-10-13-27(20-28)32(24-44)46-2/h19-22H,3-18H2/b31-26+,32-27-. The van der Waals surface area contributed by atoms with Crippen molar-refractivity contribution < 1.29 is 0 Å². The second kappa shape index (κ2) is 11.8. The van der Waals surface area contributed by atoms with Gasteiger partial charge in [0.05, 0.1) is 39.4 Å². The number of rotatable bonds is 2. The molecule has 2 saturated carbocycles. The van der Waals surface area contributed by atoms with Crippen LogP contribution in [0.1, 0.15) is 118 Å². The molecule has 0 aromatic carbocycles. The van der Waals surface area contributed by atoms with E-state index in [9.17, 15) is 10.5 Å². The molecule has 49 heavy (non-hydrogen) atoms. The van der Waals surface area contributed by atoms with Crippen LogP contribution in [0.25, 0.3) is 39.6 Å². The molecule has 3 aromatic heterocycles. The lowest BCUT2D eigenvalue weighted by Gasteiger charge is -2.40. The molecule has 6 aliphatic carbocycles. The molecule has 242 valence electrons. The Kier molecular flexibility index (Phi) is 7.49. The molecule has 0 aliphatic heterocycles. The number of fused-ring (bicyclic) bond motifs is 9. The van der Waals surface area contributed by atoms with Gasteiger partial charge in [-0.3, -0.25) is 0 Å². The van der Waals surface area contributed by atoms with Crippen LogP contribution in [0.5, 0.6) is 0 Å². The summed E-state index contributed by atoms with van der Waals surface area (Å²) in [7, 11) is 0. The van der Waals surface area contributed by atoms with Gasteiger partial charge in [0.1, 0.15) is 0 Å². The molecule has 0 bridgehead atoms. The van der Waals surface area contributed by atoms with Gasteiger partial charge in [0.15, 0.2) is 0 Å². The van der Waals surface area contributed by atoms with Crippen molar-refractivity contribution in [1.82, 2.24) is 0 Å². The van der Waals surface area contributed by atoms with Crippen molar-refractivity contribution in [2.45, 2.75) is 108 Å². The van der Waals surface area contributed by atoms with Crippen LogP contribution in [0.15, 0.2) is 63.6 Å². The highest BCUT2D eigenvalue weighted by atomic mass is 32.1. The maximum absolute atomic E-state index is 9.73. The van der Waals surface area contributed by atoms with Crippen molar-refractivity contribution >= 4 is 64.0 Å². The van der Waals surface area contributed by atoms with Gasteiger partial charge in [-0.15, -0.1) is 34.0 Å². The molecule has 0 N–H and O–H groups in total. The molecule has 0 saturated heterocycles. The topological polar surface area (TPSA) is 56.3 Å². The van der Waals surface area contributed by atoms with Crippen molar-refractivity contribution in [3.05, 3.63) is 102 Å². The third kappa shape index (κ3) is 4.46. The van der Waals surface area contributed by atoms with Crippen LogP contribution in [0, 0.1) is 41.2 Å². The van der Waals surface area contributed by atoms with E-state index in [0.29, 0.717) is 0 Å². The van der Waals surface area contributed by atoms with Gasteiger partial charge in [-0.05, 0) is 115 Å². The number of allylic oxidation sites excluding steroid dienone is 12. The van der Waals surface area contributed by atoms with Gasteiger partial charge in [0.2, 0.25) is 0 Å². The monoisotopic (exact) mass is 692 g/mol. The third-order valence-electron chi connectivity index (χ3n) is 12.4. The summed E-state index contributed by atoms with van der Waals surface area (Å²) in [4.78, 5) is 9.99. The first-order valence-corrected chi connectivity index (χ1v) is 20.4. The zero-order valence-electron chi connectivity index (χ0n) is 27.6. The molecule has 2 fully saturated rings. The second-order valence-corrected chi connectivity index (χ2v) is 17.9. The highest BCUT2D eigenvalue weighted by molar-refractivity contribution is 7.39. The van der Waals surface area contributed by atoms with E-state index < -0.39 is 0 Å². The van der Waals surface area contributed by atoms with Crippen LogP contribution >= 0.6 is 34.0 Å². The quantitative estimate of drug-likeness (QED) is 0.198. The van der Waals surface area contributed by atoms with Gasteiger partial charge in [-0.25, -0.2) is 20.2 Å². The molecule has 3 heterocycles. The van der Waals surface area contributed by atoms with Crippen LogP contribution in [-0.2, 0) is 5.41 Å². The van der Waals surface area contributed by atoms with Gasteiger partial charge < -0.3 is 0 Å². The zero-order valence-corrected chi connectivity index (χ0v) is 30.1. The van der Waals surface area contributed by atoms with Crippen LogP contribution in [0.4, 0.5) is 0 Å². The molecule has 0 amide bonds. The minimum absolute atomic E-state index is 0.0339. The molecule has 6 aliphatic rings. The first kappa shape index (κ1) is 31.0. The second-order valence-electron chi connectivity index (χ2n) is 14.7. The molecule has 2 spiro atoms. The third-order valence-corrected chi connectivity index (χ3v) is 16.4.